The Balaban J connectivity index is 1.11. The number of aliphatic hydroxyl groups excluding tert-OH is 1. The minimum atomic E-state index is -1.42. The molecule has 4 aliphatic rings. The van der Waals surface area contributed by atoms with E-state index in [4.69, 9.17) is 11.6 Å². The van der Waals surface area contributed by atoms with E-state index in [1.54, 1.807) is 36.1 Å². The first-order valence-electron chi connectivity index (χ1n) is 19.8. The first kappa shape index (κ1) is 41.6. The van der Waals surface area contributed by atoms with Crippen molar-refractivity contribution < 1.29 is 38.7 Å². The zero-order valence-corrected chi connectivity index (χ0v) is 33.3. The highest BCUT2D eigenvalue weighted by Gasteiger charge is 2.63. The summed E-state index contributed by atoms with van der Waals surface area (Å²) in [7, 11) is 0. The first-order chi connectivity index (χ1) is 27.2. The number of nitrogens with zero attached hydrogens (tertiary/aromatic N) is 3. The number of hydrogen-bond donors (Lipinski definition) is 5. The number of rotatable bonds is 12. The van der Waals surface area contributed by atoms with Gasteiger partial charge in [0.05, 0.1) is 6.61 Å². The van der Waals surface area contributed by atoms with Gasteiger partial charge in [0, 0.05) is 43.2 Å². The molecule has 4 fully saturated rings. The van der Waals surface area contributed by atoms with Crippen molar-refractivity contribution in [3.05, 3.63) is 64.7 Å². The van der Waals surface area contributed by atoms with Crippen LogP contribution in [-0.2, 0) is 35.2 Å². The number of piperidine rings is 1. The standard InChI is InChI=1S/C41H52ClN7O8/c1-24-8-6-9-27(18-24)19-30(46-40(57)44-29-14-12-28(42)13-15-29)35(52)45-31(23-50)38(55)48-17-7-11-33(48)39(56)47-16-5-4-10-32(47)36(53)43-26(3)37(54)49-22-25(2)20-41(49)21-34(41)51/h6,8-9,12-15,18,25-26,30-33,50H,4-5,7,10-11,16-17,19-23H2,1-3H3,(H,43,53)(H,45,52)(H2,44,46,57)/t25-,26+,30+,31+,32+,33+,41+/m1/s1. The summed E-state index contributed by atoms with van der Waals surface area (Å²) in [6.07, 6.45) is 3.55. The largest absolute Gasteiger partial charge is 0.394 e. The van der Waals surface area contributed by atoms with Crippen molar-refractivity contribution in [1.82, 2.24) is 30.7 Å². The van der Waals surface area contributed by atoms with Crippen molar-refractivity contribution in [2.24, 2.45) is 5.92 Å². The number of benzene rings is 2. The average molecular weight is 806 g/mol. The topological polar surface area (TPSA) is 198 Å². The van der Waals surface area contributed by atoms with Crippen LogP contribution >= 0.6 is 11.6 Å². The lowest BCUT2D eigenvalue weighted by Gasteiger charge is -2.39. The third-order valence-corrected chi connectivity index (χ3v) is 11.7. The number of hydrogen-bond acceptors (Lipinski definition) is 8. The Kier molecular flexibility index (Phi) is 12.9. The van der Waals surface area contributed by atoms with Crippen LogP contribution in [0.3, 0.4) is 0 Å². The van der Waals surface area contributed by atoms with Gasteiger partial charge in [-0.25, -0.2) is 4.79 Å². The van der Waals surface area contributed by atoms with E-state index in [-0.39, 0.29) is 37.1 Å². The van der Waals surface area contributed by atoms with E-state index in [2.05, 4.69) is 21.3 Å². The van der Waals surface area contributed by atoms with Gasteiger partial charge in [0.15, 0.2) is 5.78 Å². The summed E-state index contributed by atoms with van der Waals surface area (Å²) in [5.41, 5.74) is 1.39. The number of aryl methyl sites for hydroxylation is 1. The summed E-state index contributed by atoms with van der Waals surface area (Å²) in [4.78, 5) is 99.0. The molecule has 2 aromatic carbocycles. The molecule has 2 aromatic rings. The molecular weight excluding hydrogens is 754 g/mol. The van der Waals surface area contributed by atoms with Gasteiger partial charge in [-0.15, -0.1) is 0 Å². The smallest absolute Gasteiger partial charge is 0.319 e. The Bertz CT molecular complexity index is 1890. The van der Waals surface area contributed by atoms with E-state index in [1.807, 2.05) is 38.1 Å². The Hall–Kier alpha value is -5.02. The lowest BCUT2D eigenvalue weighted by molar-refractivity contribution is -0.151. The summed E-state index contributed by atoms with van der Waals surface area (Å²) < 4.78 is 0. The number of urea groups is 1. The first-order valence-corrected chi connectivity index (χ1v) is 20.1. The molecule has 0 radical (unpaired) electrons. The molecule has 7 atom stereocenters. The summed E-state index contributed by atoms with van der Waals surface area (Å²) >= 11 is 5.97. The summed E-state index contributed by atoms with van der Waals surface area (Å²) in [5, 5.41) is 21.6. The van der Waals surface area contributed by atoms with Crippen molar-refractivity contribution in [3.63, 3.8) is 0 Å². The highest BCUT2D eigenvalue weighted by atomic mass is 35.5. The Morgan fingerprint density at radius 3 is 2.28 bits per heavy atom. The second kappa shape index (κ2) is 17.6. The van der Waals surface area contributed by atoms with Crippen LogP contribution in [0, 0.1) is 12.8 Å². The molecule has 0 bridgehead atoms. The quantitative estimate of drug-likeness (QED) is 0.216. The average Bonchev–Trinajstić information content (AvgIpc) is 3.47. The van der Waals surface area contributed by atoms with E-state index in [0.717, 1.165) is 11.1 Å². The molecule has 306 valence electrons. The highest BCUT2D eigenvalue weighted by Crippen LogP contribution is 2.48. The predicted octanol–water partition coefficient (Wildman–Crippen LogP) is 2.32. The minimum absolute atomic E-state index is 0.0397. The monoisotopic (exact) mass is 805 g/mol. The van der Waals surface area contributed by atoms with Crippen LogP contribution in [0.4, 0.5) is 10.5 Å². The molecule has 6 rings (SSSR count). The van der Waals surface area contributed by atoms with E-state index in [1.165, 1.54) is 9.80 Å². The number of anilines is 1. The number of carbonyl (C=O) groups is 7. The second-order valence-corrected chi connectivity index (χ2v) is 16.4. The Morgan fingerprint density at radius 1 is 0.895 bits per heavy atom. The number of nitrogens with one attached hydrogen (secondary N) is 4. The second-order valence-electron chi connectivity index (χ2n) is 15.9. The van der Waals surface area contributed by atoms with Gasteiger partial charge in [0.2, 0.25) is 29.5 Å². The van der Waals surface area contributed by atoms with Gasteiger partial charge in [-0.1, -0.05) is 48.4 Å². The zero-order valence-electron chi connectivity index (χ0n) is 32.6. The van der Waals surface area contributed by atoms with Crippen LogP contribution in [0.15, 0.2) is 48.5 Å². The van der Waals surface area contributed by atoms with Crippen molar-refractivity contribution >= 4 is 58.6 Å². The van der Waals surface area contributed by atoms with Crippen LogP contribution in [0.5, 0.6) is 0 Å². The van der Waals surface area contributed by atoms with Crippen LogP contribution in [0.1, 0.15) is 69.9 Å². The van der Waals surface area contributed by atoms with E-state index in [9.17, 15) is 38.7 Å². The van der Waals surface area contributed by atoms with Crippen LogP contribution in [0.2, 0.25) is 5.02 Å². The molecule has 57 heavy (non-hydrogen) atoms. The maximum atomic E-state index is 14.2. The van der Waals surface area contributed by atoms with Crippen molar-refractivity contribution in [2.45, 2.75) is 108 Å². The van der Waals surface area contributed by atoms with Gasteiger partial charge in [0.1, 0.15) is 35.7 Å². The Labute approximate surface area is 337 Å². The fraction of sp³-hybridized carbons (Fsp3) is 0.537. The molecule has 3 aliphatic heterocycles. The number of carbonyl (C=O) groups excluding carboxylic acids is 7. The summed E-state index contributed by atoms with van der Waals surface area (Å²) in [5.74, 6) is -2.38. The van der Waals surface area contributed by atoms with Crippen LogP contribution in [-0.4, -0.2) is 123 Å². The Morgan fingerprint density at radius 2 is 1.60 bits per heavy atom. The molecule has 7 amide bonds. The molecule has 16 heteroatoms. The molecule has 3 heterocycles. The number of ketones is 1. The molecule has 15 nitrogen and oxygen atoms in total. The van der Waals surface area contributed by atoms with E-state index < -0.39 is 72.0 Å². The van der Waals surface area contributed by atoms with E-state index >= 15 is 0 Å². The molecular formula is C41H52ClN7O8. The maximum absolute atomic E-state index is 14.2. The highest BCUT2D eigenvalue weighted by molar-refractivity contribution is 6.30. The molecule has 1 saturated carbocycles. The zero-order chi connectivity index (χ0) is 41.0. The molecule has 1 spiro atoms. The van der Waals surface area contributed by atoms with Gasteiger partial charge in [-0.2, -0.15) is 0 Å². The van der Waals surface area contributed by atoms with Crippen molar-refractivity contribution in [2.75, 3.05) is 31.6 Å². The molecule has 0 aromatic heterocycles. The SMILES string of the molecule is Cc1cccc(C[C@H](NC(=O)Nc2ccc(Cl)cc2)C(=O)N[C@@H](CO)C(=O)N2CCC[C@H]2C(=O)N2CCCC[C@H]2C(=O)N[C@@H](C)C(=O)N2C[C@H](C)C[C@@]23CC3=O)c1. The maximum Gasteiger partial charge on any atom is 0.319 e. The summed E-state index contributed by atoms with van der Waals surface area (Å²) in [6.45, 7) is 5.64. The fourth-order valence-corrected chi connectivity index (χ4v) is 8.67. The van der Waals surface area contributed by atoms with Crippen molar-refractivity contribution in [1.29, 1.82) is 0 Å². The number of Topliss-reactive ketones (excluding diaryl/α,β-unsaturated/α-hetero) is 1. The van der Waals surface area contributed by atoms with Gasteiger partial charge in [0.25, 0.3) is 0 Å². The van der Waals surface area contributed by atoms with Crippen LogP contribution in [0.25, 0.3) is 0 Å². The molecule has 1 aliphatic carbocycles. The third-order valence-electron chi connectivity index (χ3n) is 11.5. The molecule has 3 saturated heterocycles. The van der Waals surface area contributed by atoms with Gasteiger partial charge in [-0.05, 0) is 88.1 Å². The molecule has 5 N–H and O–H groups in total. The summed E-state index contributed by atoms with van der Waals surface area (Å²) in [6, 6.07) is 7.89. The number of halogens is 1. The van der Waals surface area contributed by atoms with Crippen molar-refractivity contribution in [3.8, 4) is 0 Å². The fourth-order valence-electron chi connectivity index (χ4n) is 8.54. The van der Waals surface area contributed by atoms with Gasteiger partial charge >= 0.3 is 6.03 Å². The number of amides is 7. The number of aliphatic hydroxyl groups is 1. The van der Waals surface area contributed by atoms with E-state index in [0.29, 0.717) is 62.2 Å². The minimum Gasteiger partial charge on any atom is -0.394 e. The molecule has 0 unspecified atom stereocenters. The lowest BCUT2D eigenvalue weighted by Crippen LogP contribution is -2.61. The van der Waals surface area contributed by atoms with Gasteiger partial charge in [-0.3, -0.25) is 28.8 Å². The van der Waals surface area contributed by atoms with Crippen LogP contribution < -0.4 is 21.3 Å². The van der Waals surface area contributed by atoms with Gasteiger partial charge < -0.3 is 41.1 Å². The lowest BCUT2D eigenvalue weighted by atomic mass is 9.99. The normalized spacial score (nSPS) is 24.4. The third kappa shape index (κ3) is 9.41. The predicted molar refractivity (Wildman–Crippen MR) is 211 cm³/mol. The number of likely N-dealkylation sites (tertiary alicyclic amines) is 3.